The van der Waals surface area contributed by atoms with Gasteiger partial charge in [-0.2, -0.15) is 0 Å². The Morgan fingerprint density at radius 1 is 1.43 bits per heavy atom. The molecular weight excluding hydrogens is 268 g/mol. The maximum Gasteiger partial charge on any atom is 0.320 e. The van der Waals surface area contributed by atoms with Gasteiger partial charge in [-0.3, -0.25) is 9.78 Å². The average molecular weight is 292 g/mol. The number of piperidine rings is 1. The highest BCUT2D eigenvalue weighted by Gasteiger charge is 2.19. The summed E-state index contributed by atoms with van der Waals surface area (Å²) in [4.78, 5) is 17.0. The molecule has 1 aliphatic rings. The van der Waals surface area contributed by atoms with Crippen LogP contribution in [-0.4, -0.2) is 47.8 Å². The van der Waals surface area contributed by atoms with E-state index in [-0.39, 0.29) is 0 Å². The normalized spacial score (nSPS) is 17.7. The zero-order chi connectivity index (χ0) is 15.1. The first-order valence-electron chi connectivity index (χ1n) is 7.53. The first-order chi connectivity index (χ1) is 10.2. The van der Waals surface area contributed by atoms with Gasteiger partial charge in [-0.15, -0.1) is 0 Å². The molecule has 0 aromatic carbocycles. The Kier molecular flexibility index (Phi) is 5.95. The summed E-state index contributed by atoms with van der Waals surface area (Å²) in [5.41, 5.74) is 6.71. The van der Waals surface area contributed by atoms with Gasteiger partial charge in [0.1, 0.15) is 6.04 Å². The summed E-state index contributed by atoms with van der Waals surface area (Å²) >= 11 is 0. The van der Waals surface area contributed by atoms with Crippen molar-refractivity contribution >= 4 is 11.7 Å². The van der Waals surface area contributed by atoms with Crippen LogP contribution < -0.4 is 16.0 Å². The standard InChI is InChI=1S/C15H24N4O2/c16-14(15(20)21)2-1-7-18-12-5-10-19(11-6-12)13-3-8-17-9-4-13/h3-4,8-9,12,14,18H,1-2,5-7,10-11,16H2,(H,20,21). The number of anilines is 1. The van der Waals surface area contributed by atoms with Crippen LogP contribution >= 0.6 is 0 Å². The topological polar surface area (TPSA) is 91.5 Å². The number of nitrogens with one attached hydrogen (secondary N) is 1. The Morgan fingerprint density at radius 2 is 2.10 bits per heavy atom. The second-order valence-electron chi connectivity index (χ2n) is 5.51. The van der Waals surface area contributed by atoms with Crippen LogP contribution in [0.4, 0.5) is 5.69 Å². The number of carboxylic acids is 1. The van der Waals surface area contributed by atoms with E-state index in [0.29, 0.717) is 12.5 Å². The molecule has 4 N–H and O–H groups in total. The van der Waals surface area contributed by atoms with E-state index in [4.69, 9.17) is 10.8 Å². The van der Waals surface area contributed by atoms with Crippen LogP contribution in [0.5, 0.6) is 0 Å². The molecule has 0 radical (unpaired) electrons. The lowest BCUT2D eigenvalue weighted by atomic mass is 10.0. The number of carbonyl (C=O) groups is 1. The Bertz CT molecular complexity index is 433. The number of hydrogen-bond acceptors (Lipinski definition) is 5. The first-order valence-corrected chi connectivity index (χ1v) is 7.53. The summed E-state index contributed by atoms with van der Waals surface area (Å²) < 4.78 is 0. The number of aromatic nitrogens is 1. The molecule has 1 saturated heterocycles. The van der Waals surface area contributed by atoms with Crippen LogP contribution in [0.2, 0.25) is 0 Å². The fraction of sp³-hybridized carbons (Fsp3) is 0.600. The molecule has 6 nitrogen and oxygen atoms in total. The maximum absolute atomic E-state index is 10.6. The summed E-state index contributed by atoms with van der Waals surface area (Å²) in [5, 5.41) is 12.2. The van der Waals surface area contributed by atoms with Crippen molar-refractivity contribution in [3.8, 4) is 0 Å². The second kappa shape index (κ2) is 7.95. The third kappa shape index (κ3) is 4.99. The van der Waals surface area contributed by atoms with Gasteiger partial charge < -0.3 is 21.1 Å². The molecule has 1 atom stereocenters. The molecule has 2 rings (SSSR count). The molecule has 0 amide bonds. The van der Waals surface area contributed by atoms with Gasteiger partial charge in [0.05, 0.1) is 0 Å². The van der Waals surface area contributed by atoms with Crippen molar-refractivity contribution in [2.45, 2.75) is 37.8 Å². The Morgan fingerprint density at radius 3 is 2.71 bits per heavy atom. The summed E-state index contributed by atoms with van der Waals surface area (Å²) in [6.45, 7) is 2.91. The largest absolute Gasteiger partial charge is 0.480 e. The number of aliphatic carboxylic acids is 1. The van der Waals surface area contributed by atoms with Crippen molar-refractivity contribution in [2.75, 3.05) is 24.5 Å². The zero-order valence-electron chi connectivity index (χ0n) is 12.2. The van der Waals surface area contributed by atoms with Gasteiger partial charge in [0.25, 0.3) is 0 Å². The van der Waals surface area contributed by atoms with Crippen molar-refractivity contribution in [2.24, 2.45) is 5.73 Å². The Balaban J connectivity index is 1.62. The van der Waals surface area contributed by atoms with Crippen molar-refractivity contribution in [1.82, 2.24) is 10.3 Å². The van der Waals surface area contributed by atoms with E-state index in [1.807, 2.05) is 24.5 Å². The predicted octanol–water partition coefficient (Wildman–Crippen LogP) is 0.832. The van der Waals surface area contributed by atoms with Gasteiger partial charge in [0, 0.05) is 37.2 Å². The van der Waals surface area contributed by atoms with E-state index in [0.717, 1.165) is 38.9 Å². The van der Waals surface area contributed by atoms with E-state index in [1.54, 1.807) is 0 Å². The van der Waals surface area contributed by atoms with E-state index in [9.17, 15) is 4.79 Å². The van der Waals surface area contributed by atoms with E-state index in [1.165, 1.54) is 5.69 Å². The molecule has 6 heteroatoms. The molecule has 116 valence electrons. The summed E-state index contributed by atoms with van der Waals surface area (Å²) in [6, 6.07) is 3.87. The molecule has 0 saturated carbocycles. The lowest BCUT2D eigenvalue weighted by molar-refractivity contribution is -0.138. The molecule has 0 bridgehead atoms. The molecule has 1 fully saturated rings. The maximum atomic E-state index is 10.6. The zero-order valence-corrected chi connectivity index (χ0v) is 12.2. The number of rotatable bonds is 7. The number of carboxylic acid groups (broad SMARTS) is 1. The highest BCUT2D eigenvalue weighted by molar-refractivity contribution is 5.72. The predicted molar refractivity (Wildman–Crippen MR) is 82.3 cm³/mol. The van der Waals surface area contributed by atoms with E-state index < -0.39 is 12.0 Å². The molecule has 0 aliphatic carbocycles. The van der Waals surface area contributed by atoms with Gasteiger partial charge >= 0.3 is 5.97 Å². The summed E-state index contributed by atoms with van der Waals surface area (Å²) in [7, 11) is 0. The highest BCUT2D eigenvalue weighted by Crippen LogP contribution is 2.18. The third-order valence-corrected chi connectivity index (χ3v) is 3.96. The van der Waals surface area contributed by atoms with Crippen LogP contribution in [0.25, 0.3) is 0 Å². The average Bonchev–Trinajstić information content (AvgIpc) is 2.52. The van der Waals surface area contributed by atoms with Crippen molar-refractivity contribution in [1.29, 1.82) is 0 Å². The molecule has 1 aromatic heterocycles. The fourth-order valence-corrected chi connectivity index (χ4v) is 2.65. The number of nitrogens with two attached hydrogens (primary N) is 1. The van der Waals surface area contributed by atoms with Crippen LogP contribution in [0.1, 0.15) is 25.7 Å². The third-order valence-electron chi connectivity index (χ3n) is 3.96. The quantitative estimate of drug-likeness (QED) is 0.645. The van der Waals surface area contributed by atoms with Crippen LogP contribution in [0, 0.1) is 0 Å². The van der Waals surface area contributed by atoms with Crippen molar-refractivity contribution in [3.63, 3.8) is 0 Å². The summed E-state index contributed by atoms with van der Waals surface area (Å²) in [6.07, 6.45) is 7.19. The number of nitrogens with zero attached hydrogens (tertiary/aromatic N) is 2. The summed E-state index contributed by atoms with van der Waals surface area (Å²) in [5.74, 6) is -0.916. The van der Waals surface area contributed by atoms with E-state index >= 15 is 0 Å². The van der Waals surface area contributed by atoms with Gasteiger partial charge in [-0.1, -0.05) is 0 Å². The van der Waals surface area contributed by atoms with Gasteiger partial charge in [0.2, 0.25) is 0 Å². The second-order valence-corrected chi connectivity index (χ2v) is 5.51. The van der Waals surface area contributed by atoms with Gasteiger partial charge in [-0.05, 0) is 44.4 Å². The minimum atomic E-state index is -0.916. The molecule has 0 spiro atoms. The van der Waals surface area contributed by atoms with Gasteiger partial charge in [-0.25, -0.2) is 0 Å². The number of hydrogen-bond donors (Lipinski definition) is 3. The van der Waals surface area contributed by atoms with Crippen LogP contribution in [-0.2, 0) is 4.79 Å². The molecule has 1 aliphatic heterocycles. The SMILES string of the molecule is NC(CCCNC1CCN(c2ccncc2)CC1)C(=O)O. The molecular formula is C15H24N4O2. The van der Waals surface area contributed by atoms with Crippen LogP contribution in [0.15, 0.2) is 24.5 Å². The lowest BCUT2D eigenvalue weighted by Crippen LogP contribution is -2.43. The molecule has 21 heavy (non-hydrogen) atoms. The Labute approximate surface area is 125 Å². The minimum Gasteiger partial charge on any atom is -0.480 e. The highest BCUT2D eigenvalue weighted by atomic mass is 16.4. The molecule has 2 heterocycles. The minimum absolute atomic E-state index is 0.518. The monoisotopic (exact) mass is 292 g/mol. The smallest absolute Gasteiger partial charge is 0.320 e. The molecule has 1 aromatic rings. The first kappa shape index (κ1) is 15.7. The molecule has 1 unspecified atom stereocenters. The van der Waals surface area contributed by atoms with Crippen molar-refractivity contribution < 1.29 is 9.90 Å². The lowest BCUT2D eigenvalue weighted by Gasteiger charge is -2.34. The Hall–Kier alpha value is -1.66. The van der Waals surface area contributed by atoms with Gasteiger partial charge in [0.15, 0.2) is 0 Å². The fourth-order valence-electron chi connectivity index (χ4n) is 2.65. The van der Waals surface area contributed by atoms with Crippen LogP contribution in [0.3, 0.4) is 0 Å². The number of pyridine rings is 1. The van der Waals surface area contributed by atoms with E-state index in [2.05, 4.69) is 15.2 Å². The van der Waals surface area contributed by atoms with Crippen molar-refractivity contribution in [3.05, 3.63) is 24.5 Å².